The lowest BCUT2D eigenvalue weighted by molar-refractivity contribution is 0.294. The highest BCUT2D eigenvalue weighted by molar-refractivity contribution is 5.26. The third-order valence-electron chi connectivity index (χ3n) is 3.22. The van der Waals surface area contributed by atoms with Crippen molar-refractivity contribution in [1.82, 2.24) is 25.5 Å². The van der Waals surface area contributed by atoms with E-state index in [2.05, 4.69) is 20.7 Å². The second kappa shape index (κ2) is 5.36. The predicted octanol–water partition coefficient (Wildman–Crippen LogP) is 1.09. The summed E-state index contributed by atoms with van der Waals surface area (Å²) < 4.78 is 5.63. The summed E-state index contributed by atoms with van der Waals surface area (Å²) in [4.78, 5) is 1.69. The van der Waals surface area contributed by atoms with Crippen LogP contribution in [0, 0.1) is 6.92 Å². The largest absolute Gasteiger partial charge is 0.485 e. The SMILES string of the molecule is Cc1ccc(OCc2nnn(C3CCNC3)n2)cc1. The Morgan fingerprint density at radius 3 is 2.95 bits per heavy atom. The van der Waals surface area contributed by atoms with Gasteiger partial charge in [0.2, 0.25) is 5.82 Å². The molecule has 0 spiro atoms. The second-order valence-electron chi connectivity index (χ2n) is 4.77. The number of benzene rings is 1. The predicted molar refractivity (Wildman–Crippen MR) is 69.9 cm³/mol. The third-order valence-corrected chi connectivity index (χ3v) is 3.22. The Kier molecular flexibility index (Phi) is 3.41. The Labute approximate surface area is 111 Å². The molecule has 1 aliphatic rings. The first-order chi connectivity index (χ1) is 9.31. The van der Waals surface area contributed by atoms with Gasteiger partial charge in [-0.3, -0.25) is 0 Å². The summed E-state index contributed by atoms with van der Waals surface area (Å²) in [7, 11) is 0. The van der Waals surface area contributed by atoms with Gasteiger partial charge in [0.15, 0.2) is 6.61 Å². The Hall–Kier alpha value is -1.95. The molecule has 1 unspecified atom stereocenters. The van der Waals surface area contributed by atoms with Crippen molar-refractivity contribution in [3.63, 3.8) is 0 Å². The molecule has 0 amide bonds. The van der Waals surface area contributed by atoms with E-state index in [0.29, 0.717) is 18.5 Å². The van der Waals surface area contributed by atoms with E-state index in [9.17, 15) is 0 Å². The minimum absolute atomic E-state index is 0.320. The second-order valence-corrected chi connectivity index (χ2v) is 4.77. The lowest BCUT2D eigenvalue weighted by Crippen LogP contribution is -2.16. The van der Waals surface area contributed by atoms with E-state index in [1.807, 2.05) is 31.2 Å². The molecular formula is C13H17N5O. The third kappa shape index (κ3) is 2.90. The molecule has 0 aliphatic carbocycles. The fourth-order valence-corrected chi connectivity index (χ4v) is 2.09. The molecule has 3 rings (SSSR count). The van der Waals surface area contributed by atoms with Gasteiger partial charge in [0.25, 0.3) is 0 Å². The van der Waals surface area contributed by atoms with Gasteiger partial charge in [-0.05, 0) is 37.2 Å². The Morgan fingerprint density at radius 2 is 2.21 bits per heavy atom. The van der Waals surface area contributed by atoms with Crippen molar-refractivity contribution in [3.8, 4) is 5.75 Å². The molecule has 100 valence electrons. The minimum atomic E-state index is 0.320. The van der Waals surface area contributed by atoms with Gasteiger partial charge < -0.3 is 10.1 Å². The Balaban J connectivity index is 1.59. The first-order valence-corrected chi connectivity index (χ1v) is 6.50. The number of rotatable bonds is 4. The smallest absolute Gasteiger partial charge is 0.212 e. The van der Waals surface area contributed by atoms with Crippen molar-refractivity contribution in [3.05, 3.63) is 35.7 Å². The van der Waals surface area contributed by atoms with Crippen molar-refractivity contribution in [2.24, 2.45) is 0 Å². The number of aromatic nitrogens is 4. The van der Waals surface area contributed by atoms with Gasteiger partial charge >= 0.3 is 0 Å². The zero-order valence-corrected chi connectivity index (χ0v) is 10.9. The molecule has 1 atom stereocenters. The molecule has 2 heterocycles. The fourth-order valence-electron chi connectivity index (χ4n) is 2.09. The lowest BCUT2D eigenvalue weighted by atomic mass is 10.2. The maximum Gasteiger partial charge on any atom is 0.212 e. The molecule has 6 heteroatoms. The quantitative estimate of drug-likeness (QED) is 0.890. The molecule has 19 heavy (non-hydrogen) atoms. The van der Waals surface area contributed by atoms with Crippen molar-refractivity contribution in [2.75, 3.05) is 13.1 Å². The highest BCUT2D eigenvalue weighted by atomic mass is 16.5. The van der Waals surface area contributed by atoms with Gasteiger partial charge in [-0.25, -0.2) is 0 Å². The summed E-state index contributed by atoms with van der Waals surface area (Å²) in [6, 6.07) is 8.25. The number of aryl methyl sites for hydroxylation is 1. The standard InChI is InChI=1S/C13H17N5O/c1-10-2-4-12(5-3-10)19-9-13-15-17-18(16-13)11-6-7-14-8-11/h2-5,11,14H,6-9H2,1H3. The van der Waals surface area contributed by atoms with Crippen LogP contribution in [0.1, 0.15) is 23.9 Å². The molecule has 1 aromatic heterocycles. The van der Waals surface area contributed by atoms with Crippen LogP contribution in [0.3, 0.4) is 0 Å². The van der Waals surface area contributed by atoms with Gasteiger partial charge in [0, 0.05) is 6.54 Å². The molecule has 6 nitrogen and oxygen atoms in total. The maximum absolute atomic E-state index is 5.63. The van der Waals surface area contributed by atoms with Crippen LogP contribution < -0.4 is 10.1 Å². The average Bonchev–Trinajstić information content (AvgIpc) is 3.09. The highest BCUT2D eigenvalue weighted by Gasteiger charge is 2.19. The first kappa shape index (κ1) is 12.1. The van der Waals surface area contributed by atoms with Crippen molar-refractivity contribution in [1.29, 1.82) is 0 Å². The molecular weight excluding hydrogens is 242 g/mol. The normalized spacial score (nSPS) is 18.7. The molecule has 2 aromatic rings. The molecule has 1 aliphatic heterocycles. The maximum atomic E-state index is 5.63. The summed E-state index contributed by atoms with van der Waals surface area (Å²) in [6.45, 7) is 4.33. The number of ether oxygens (including phenoxy) is 1. The number of nitrogens with zero attached hydrogens (tertiary/aromatic N) is 4. The number of hydrogen-bond acceptors (Lipinski definition) is 5. The van der Waals surface area contributed by atoms with Crippen LogP contribution in [0.5, 0.6) is 5.75 Å². The molecule has 1 fully saturated rings. The van der Waals surface area contributed by atoms with Crippen LogP contribution in [0.15, 0.2) is 24.3 Å². The Bertz CT molecular complexity index is 530. The van der Waals surface area contributed by atoms with Crippen molar-refractivity contribution < 1.29 is 4.74 Å². The van der Waals surface area contributed by atoms with Crippen LogP contribution >= 0.6 is 0 Å². The summed E-state index contributed by atoms with van der Waals surface area (Å²) >= 11 is 0. The monoisotopic (exact) mass is 259 g/mol. The van der Waals surface area contributed by atoms with Gasteiger partial charge in [-0.15, -0.1) is 10.2 Å². The van der Waals surface area contributed by atoms with E-state index in [0.717, 1.165) is 25.3 Å². The number of nitrogens with one attached hydrogen (secondary N) is 1. The van der Waals surface area contributed by atoms with Crippen molar-refractivity contribution >= 4 is 0 Å². The molecule has 0 bridgehead atoms. The zero-order valence-electron chi connectivity index (χ0n) is 10.9. The van der Waals surface area contributed by atoms with Crippen molar-refractivity contribution in [2.45, 2.75) is 26.0 Å². The molecule has 0 saturated carbocycles. The van der Waals surface area contributed by atoms with E-state index in [-0.39, 0.29) is 0 Å². The molecule has 1 N–H and O–H groups in total. The van der Waals surface area contributed by atoms with E-state index in [1.54, 1.807) is 4.80 Å². The highest BCUT2D eigenvalue weighted by Crippen LogP contribution is 2.14. The van der Waals surface area contributed by atoms with E-state index in [1.165, 1.54) is 5.56 Å². The minimum Gasteiger partial charge on any atom is -0.485 e. The first-order valence-electron chi connectivity index (χ1n) is 6.50. The van der Waals surface area contributed by atoms with E-state index < -0.39 is 0 Å². The van der Waals surface area contributed by atoms with Crippen LogP contribution in [0.25, 0.3) is 0 Å². The van der Waals surface area contributed by atoms with Gasteiger partial charge in [0.05, 0.1) is 6.04 Å². The Morgan fingerprint density at radius 1 is 1.37 bits per heavy atom. The van der Waals surface area contributed by atoms with E-state index >= 15 is 0 Å². The van der Waals surface area contributed by atoms with Crippen LogP contribution in [0.2, 0.25) is 0 Å². The average molecular weight is 259 g/mol. The zero-order chi connectivity index (χ0) is 13.1. The van der Waals surface area contributed by atoms with Gasteiger partial charge in [-0.1, -0.05) is 17.7 Å². The van der Waals surface area contributed by atoms with Gasteiger partial charge in [0.1, 0.15) is 5.75 Å². The molecule has 0 radical (unpaired) electrons. The van der Waals surface area contributed by atoms with E-state index in [4.69, 9.17) is 4.74 Å². The fraction of sp³-hybridized carbons (Fsp3) is 0.462. The molecule has 1 aromatic carbocycles. The number of hydrogen-bond donors (Lipinski definition) is 1. The topological polar surface area (TPSA) is 64.9 Å². The van der Waals surface area contributed by atoms with Gasteiger partial charge in [-0.2, -0.15) is 4.80 Å². The lowest BCUT2D eigenvalue weighted by Gasteiger charge is -2.05. The summed E-state index contributed by atoms with van der Waals surface area (Å²) in [5.74, 6) is 1.44. The number of tetrazole rings is 1. The van der Waals surface area contributed by atoms with Crippen LogP contribution in [-0.4, -0.2) is 33.3 Å². The summed E-state index contributed by atoms with van der Waals surface area (Å²) in [5, 5.41) is 15.7. The molecule has 1 saturated heterocycles. The van der Waals surface area contributed by atoms with Crippen LogP contribution in [0.4, 0.5) is 0 Å². The summed E-state index contributed by atoms with van der Waals surface area (Å²) in [6.07, 6.45) is 1.05. The van der Waals surface area contributed by atoms with Crippen LogP contribution in [-0.2, 0) is 6.61 Å². The summed E-state index contributed by atoms with van der Waals surface area (Å²) in [5.41, 5.74) is 1.21.